The van der Waals surface area contributed by atoms with Crippen LogP contribution >= 0.6 is 0 Å². The van der Waals surface area contributed by atoms with E-state index >= 15 is 0 Å². The molecule has 1 amide bonds. The summed E-state index contributed by atoms with van der Waals surface area (Å²) in [7, 11) is 2.75. The second-order valence-electron chi connectivity index (χ2n) is 8.52. The van der Waals surface area contributed by atoms with Gasteiger partial charge in [0.05, 0.1) is 31.5 Å². The highest BCUT2D eigenvalue weighted by molar-refractivity contribution is 5.97. The number of halogens is 3. The van der Waals surface area contributed by atoms with Crippen LogP contribution in [-0.2, 0) is 33.4 Å². The van der Waals surface area contributed by atoms with Crippen molar-refractivity contribution in [2.24, 2.45) is 0 Å². The maximum Gasteiger partial charge on any atom is 0.416 e. The first-order valence-electron chi connectivity index (χ1n) is 11.6. The molecule has 1 aliphatic carbocycles. The molecule has 35 heavy (non-hydrogen) atoms. The van der Waals surface area contributed by atoms with Gasteiger partial charge in [0.25, 0.3) is 5.91 Å². The van der Waals surface area contributed by atoms with E-state index in [1.807, 2.05) is 0 Å². The van der Waals surface area contributed by atoms with Crippen LogP contribution in [0.5, 0.6) is 5.75 Å². The summed E-state index contributed by atoms with van der Waals surface area (Å²) in [6, 6.07) is 9.61. The predicted molar refractivity (Wildman–Crippen MR) is 123 cm³/mol. The first-order valence-corrected chi connectivity index (χ1v) is 11.6. The van der Waals surface area contributed by atoms with Gasteiger partial charge in [0, 0.05) is 13.0 Å². The number of nitrogens with one attached hydrogen (secondary N) is 1. The summed E-state index contributed by atoms with van der Waals surface area (Å²) in [6.07, 6.45) is 0.0876. The van der Waals surface area contributed by atoms with Gasteiger partial charge in [0.15, 0.2) is 6.10 Å². The molecule has 0 heterocycles. The Bertz CT molecular complexity index is 1000. The highest BCUT2D eigenvalue weighted by atomic mass is 19.4. The fourth-order valence-electron chi connectivity index (χ4n) is 4.11. The van der Waals surface area contributed by atoms with Gasteiger partial charge in [-0.3, -0.25) is 4.79 Å². The van der Waals surface area contributed by atoms with E-state index in [0.29, 0.717) is 16.9 Å². The van der Waals surface area contributed by atoms with Crippen LogP contribution in [0.15, 0.2) is 42.5 Å². The zero-order chi connectivity index (χ0) is 25.4. The molecule has 1 N–H and O–H groups in total. The van der Waals surface area contributed by atoms with Crippen molar-refractivity contribution >= 4 is 11.9 Å². The lowest BCUT2D eigenvalue weighted by molar-refractivity contribution is -0.159. The molecule has 1 aliphatic rings. The maximum absolute atomic E-state index is 12.9. The molecular weight excluding hydrogens is 463 g/mol. The molecular formula is C26H30F3NO5. The Hall–Kier alpha value is -3.07. The Kier molecular flexibility index (Phi) is 9.14. The summed E-state index contributed by atoms with van der Waals surface area (Å²) in [5, 5.41) is 2.71. The van der Waals surface area contributed by atoms with Crippen LogP contribution < -0.4 is 10.1 Å². The number of methoxy groups -OCH3 is 2. The van der Waals surface area contributed by atoms with E-state index in [4.69, 9.17) is 14.2 Å². The number of hydrogen-bond acceptors (Lipinski definition) is 5. The van der Waals surface area contributed by atoms with Crippen molar-refractivity contribution in [3.8, 4) is 5.75 Å². The van der Waals surface area contributed by atoms with Gasteiger partial charge >= 0.3 is 12.1 Å². The number of ether oxygens (including phenoxy) is 3. The lowest BCUT2D eigenvalue weighted by Crippen LogP contribution is -2.33. The highest BCUT2D eigenvalue weighted by Crippen LogP contribution is 2.29. The zero-order valence-electron chi connectivity index (χ0n) is 19.8. The van der Waals surface area contributed by atoms with Crippen LogP contribution in [0, 0.1) is 0 Å². The Morgan fingerprint density at radius 3 is 2.26 bits per heavy atom. The number of carbonyl (C=O) groups excluding carboxylic acids is 2. The van der Waals surface area contributed by atoms with Crippen molar-refractivity contribution < 1.29 is 37.0 Å². The largest absolute Gasteiger partial charge is 0.496 e. The zero-order valence-corrected chi connectivity index (χ0v) is 19.8. The summed E-state index contributed by atoms with van der Waals surface area (Å²) in [4.78, 5) is 25.2. The number of rotatable bonds is 9. The topological polar surface area (TPSA) is 73.9 Å². The summed E-state index contributed by atoms with van der Waals surface area (Å²) in [6.45, 7) is 0.0416. The normalized spacial score (nSPS) is 15.3. The van der Waals surface area contributed by atoms with Gasteiger partial charge in [0.1, 0.15) is 5.75 Å². The van der Waals surface area contributed by atoms with Gasteiger partial charge in [-0.2, -0.15) is 13.2 Å². The van der Waals surface area contributed by atoms with Crippen molar-refractivity contribution in [3.63, 3.8) is 0 Å². The van der Waals surface area contributed by atoms with E-state index in [2.05, 4.69) is 5.32 Å². The number of alkyl halides is 3. The molecule has 1 fully saturated rings. The summed E-state index contributed by atoms with van der Waals surface area (Å²) >= 11 is 0. The minimum absolute atomic E-state index is 0.00222. The van der Waals surface area contributed by atoms with Crippen molar-refractivity contribution in [1.29, 1.82) is 0 Å². The molecule has 0 bridgehead atoms. The van der Waals surface area contributed by atoms with Crippen LogP contribution in [0.4, 0.5) is 13.2 Å². The molecule has 0 radical (unpaired) electrons. The van der Waals surface area contributed by atoms with Gasteiger partial charge in [-0.25, -0.2) is 4.79 Å². The minimum atomic E-state index is -4.42. The number of hydrogen-bond donors (Lipinski definition) is 1. The molecule has 1 unspecified atom stereocenters. The molecule has 190 valence electrons. The quantitative estimate of drug-likeness (QED) is 0.494. The lowest BCUT2D eigenvalue weighted by atomic mass is 9.97. The molecule has 1 saturated carbocycles. The SMILES string of the molecule is COC(=O)C(Cc1ccc(OC)c(C(=O)NCc2ccc(C(F)(F)F)cc2)c1)OC1CCCCC1. The molecule has 1 atom stereocenters. The second kappa shape index (κ2) is 12.1. The van der Waals surface area contributed by atoms with Gasteiger partial charge in [-0.1, -0.05) is 37.5 Å². The first kappa shape index (κ1) is 26.5. The molecule has 9 heteroatoms. The monoisotopic (exact) mass is 493 g/mol. The lowest BCUT2D eigenvalue weighted by Gasteiger charge is -2.26. The Morgan fingerprint density at radius 1 is 1.00 bits per heavy atom. The molecule has 0 saturated heterocycles. The summed E-state index contributed by atoms with van der Waals surface area (Å²) in [5.41, 5.74) is 0.709. The molecule has 2 aromatic carbocycles. The smallest absolute Gasteiger partial charge is 0.416 e. The Morgan fingerprint density at radius 2 is 1.66 bits per heavy atom. The molecule has 6 nitrogen and oxygen atoms in total. The third-order valence-electron chi connectivity index (χ3n) is 6.04. The second-order valence-corrected chi connectivity index (χ2v) is 8.52. The van der Waals surface area contributed by atoms with Crippen LogP contribution in [-0.4, -0.2) is 38.3 Å². The number of benzene rings is 2. The summed E-state index contributed by atoms with van der Waals surface area (Å²) in [5.74, 6) is -0.590. The van der Waals surface area contributed by atoms with Gasteiger partial charge in [0.2, 0.25) is 0 Å². The molecule has 3 rings (SSSR count). The number of esters is 1. The Balaban J connectivity index is 1.70. The van der Waals surface area contributed by atoms with Crippen molar-refractivity contribution in [1.82, 2.24) is 5.32 Å². The molecule has 0 spiro atoms. The third kappa shape index (κ3) is 7.45. The van der Waals surface area contributed by atoms with Gasteiger partial charge in [-0.05, 0) is 48.2 Å². The molecule has 2 aromatic rings. The standard InChI is InChI=1S/C26H30F3NO5/c1-33-22-13-10-18(15-23(25(32)34-2)35-20-6-4-3-5-7-20)14-21(22)24(31)30-16-17-8-11-19(12-9-17)26(27,28)29/h8-14,20,23H,3-7,15-16H2,1-2H3,(H,30,31). The fourth-order valence-corrected chi connectivity index (χ4v) is 4.11. The van der Waals surface area contributed by atoms with Gasteiger partial charge < -0.3 is 19.5 Å². The van der Waals surface area contributed by atoms with Crippen molar-refractivity contribution in [2.45, 2.75) is 63.5 Å². The summed E-state index contributed by atoms with van der Waals surface area (Å²) < 4.78 is 54.5. The fraction of sp³-hybridized carbons (Fsp3) is 0.462. The highest BCUT2D eigenvalue weighted by Gasteiger charge is 2.30. The van der Waals surface area contributed by atoms with E-state index in [1.165, 1.54) is 26.4 Å². The Labute approximate surface area is 202 Å². The molecule has 0 aliphatic heterocycles. The van der Waals surface area contributed by atoms with Gasteiger partial charge in [-0.15, -0.1) is 0 Å². The van der Waals surface area contributed by atoms with Crippen LogP contribution in [0.3, 0.4) is 0 Å². The molecule has 0 aromatic heterocycles. The van der Waals surface area contributed by atoms with Crippen molar-refractivity contribution in [2.75, 3.05) is 14.2 Å². The van der Waals surface area contributed by atoms with Crippen LogP contribution in [0.1, 0.15) is 59.2 Å². The average molecular weight is 494 g/mol. The van der Waals surface area contributed by atoms with E-state index in [1.54, 1.807) is 18.2 Å². The van der Waals surface area contributed by atoms with Crippen LogP contribution in [0.25, 0.3) is 0 Å². The van der Waals surface area contributed by atoms with E-state index in [9.17, 15) is 22.8 Å². The van der Waals surface area contributed by atoms with Crippen LogP contribution in [0.2, 0.25) is 0 Å². The number of carbonyl (C=O) groups is 2. The maximum atomic E-state index is 12.9. The minimum Gasteiger partial charge on any atom is -0.496 e. The predicted octanol–water partition coefficient (Wildman–Crippen LogP) is 5.08. The van der Waals surface area contributed by atoms with E-state index in [0.717, 1.165) is 44.2 Å². The van der Waals surface area contributed by atoms with Crippen molar-refractivity contribution in [3.05, 3.63) is 64.7 Å². The third-order valence-corrected chi connectivity index (χ3v) is 6.04. The van der Waals surface area contributed by atoms with E-state index in [-0.39, 0.29) is 24.6 Å². The van der Waals surface area contributed by atoms with E-state index < -0.39 is 29.7 Å². The average Bonchev–Trinajstić information content (AvgIpc) is 2.86. The first-order chi connectivity index (χ1) is 16.7. The number of amides is 1.